The Morgan fingerprint density at radius 3 is 2.05 bits per heavy atom. The van der Waals surface area contributed by atoms with Crippen LogP contribution in [0.25, 0.3) is 0 Å². The summed E-state index contributed by atoms with van der Waals surface area (Å²) in [6, 6.07) is 0. The average molecular weight is 282 g/mol. The van der Waals surface area contributed by atoms with Gasteiger partial charge in [-0.3, -0.25) is 4.90 Å². The molecule has 3 aliphatic rings. The van der Waals surface area contributed by atoms with Gasteiger partial charge in [0.25, 0.3) is 0 Å². The summed E-state index contributed by atoms with van der Waals surface area (Å²) in [6.07, 6.45) is 7.12. The van der Waals surface area contributed by atoms with Gasteiger partial charge in [0.2, 0.25) is 0 Å². The van der Waals surface area contributed by atoms with Crippen molar-refractivity contribution in [3.8, 4) is 0 Å². The summed E-state index contributed by atoms with van der Waals surface area (Å²) in [5.74, 6) is 4.52. The summed E-state index contributed by atoms with van der Waals surface area (Å²) in [6.45, 7) is 8.35. The lowest BCUT2D eigenvalue weighted by atomic mass is 9.78. The Morgan fingerprint density at radius 1 is 1.05 bits per heavy atom. The van der Waals surface area contributed by atoms with E-state index in [1.165, 1.54) is 56.7 Å². The fraction of sp³-hybridized carbons (Fsp3) is 1.00. The molecule has 3 heteroatoms. The first-order valence-corrected chi connectivity index (χ1v) is 9.21. The smallest absolute Gasteiger partial charge is 0.0427 e. The van der Waals surface area contributed by atoms with Crippen molar-refractivity contribution in [1.82, 2.24) is 4.90 Å². The second-order valence-corrected chi connectivity index (χ2v) is 9.04. The number of thioether (sulfide) groups is 1. The molecule has 1 aliphatic heterocycles. The zero-order chi connectivity index (χ0) is 13.5. The molecular weight excluding hydrogens is 252 g/mol. The molecule has 2 N–H and O–H groups in total. The third-order valence-electron chi connectivity index (χ3n) is 5.07. The van der Waals surface area contributed by atoms with Gasteiger partial charge >= 0.3 is 0 Å². The number of rotatable bonds is 6. The number of hydrogen-bond acceptors (Lipinski definition) is 3. The van der Waals surface area contributed by atoms with Crippen LogP contribution in [-0.4, -0.2) is 41.6 Å². The van der Waals surface area contributed by atoms with Gasteiger partial charge in [0.1, 0.15) is 0 Å². The second kappa shape index (κ2) is 5.23. The molecule has 1 saturated heterocycles. The highest BCUT2D eigenvalue weighted by atomic mass is 32.2. The maximum atomic E-state index is 6.30. The highest BCUT2D eigenvalue weighted by Crippen LogP contribution is 2.45. The van der Waals surface area contributed by atoms with Crippen LogP contribution in [0.5, 0.6) is 0 Å². The predicted molar refractivity (Wildman–Crippen MR) is 84.5 cm³/mol. The summed E-state index contributed by atoms with van der Waals surface area (Å²) in [7, 11) is 0. The molecule has 0 aromatic heterocycles. The van der Waals surface area contributed by atoms with Crippen LogP contribution >= 0.6 is 11.8 Å². The van der Waals surface area contributed by atoms with Crippen LogP contribution in [0, 0.1) is 17.3 Å². The van der Waals surface area contributed by atoms with Crippen LogP contribution in [-0.2, 0) is 0 Å². The van der Waals surface area contributed by atoms with E-state index in [2.05, 4.69) is 30.5 Å². The Labute approximate surface area is 122 Å². The van der Waals surface area contributed by atoms with Crippen molar-refractivity contribution < 1.29 is 0 Å². The van der Waals surface area contributed by atoms with E-state index >= 15 is 0 Å². The number of nitrogens with zero attached hydrogens (tertiary/aromatic N) is 1. The minimum Gasteiger partial charge on any atom is -0.329 e. The normalized spacial score (nSPS) is 34.7. The van der Waals surface area contributed by atoms with E-state index in [0.717, 1.165) is 18.4 Å². The molecule has 19 heavy (non-hydrogen) atoms. The van der Waals surface area contributed by atoms with Gasteiger partial charge in [-0.05, 0) is 55.1 Å². The van der Waals surface area contributed by atoms with Gasteiger partial charge in [0.05, 0.1) is 0 Å². The lowest BCUT2D eigenvalue weighted by molar-refractivity contribution is 0.0595. The maximum Gasteiger partial charge on any atom is 0.0427 e. The van der Waals surface area contributed by atoms with Crippen molar-refractivity contribution in [2.45, 2.75) is 51.5 Å². The molecule has 2 saturated carbocycles. The third-order valence-corrected chi connectivity index (χ3v) is 6.80. The fourth-order valence-corrected chi connectivity index (χ4v) is 5.20. The van der Waals surface area contributed by atoms with Crippen LogP contribution in [0.3, 0.4) is 0 Å². The first-order chi connectivity index (χ1) is 9.03. The molecule has 3 rings (SSSR count). The average Bonchev–Trinajstić information content (AvgIpc) is 3.21. The maximum absolute atomic E-state index is 6.30. The molecule has 0 aromatic rings. The Hall–Kier alpha value is 0.270. The number of hydrogen-bond donors (Lipinski definition) is 1. The van der Waals surface area contributed by atoms with Crippen molar-refractivity contribution in [2.24, 2.45) is 23.0 Å². The van der Waals surface area contributed by atoms with Crippen molar-refractivity contribution in [1.29, 1.82) is 0 Å². The SMILES string of the molecule is CC1(C)CSCC(CN)(N(CC2CC2)CC2CC2)C1. The van der Waals surface area contributed by atoms with Gasteiger partial charge in [-0.25, -0.2) is 0 Å². The Balaban J connectivity index is 1.74. The van der Waals surface area contributed by atoms with E-state index in [1.54, 1.807) is 0 Å². The van der Waals surface area contributed by atoms with Gasteiger partial charge in [-0.2, -0.15) is 11.8 Å². The molecule has 1 heterocycles. The molecule has 0 aromatic carbocycles. The minimum absolute atomic E-state index is 0.289. The third kappa shape index (κ3) is 3.48. The van der Waals surface area contributed by atoms with Crippen molar-refractivity contribution in [3.05, 3.63) is 0 Å². The van der Waals surface area contributed by atoms with Gasteiger partial charge in [0, 0.05) is 30.9 Å². The van der Waals surface area contributed by atoms with Gasteiger partial charge in [-0.15, -0.1) is 0 Å². The van der Waals surface area contributed by atoms with Crippen molar-refractivity contribution in [2.75, 3.05) is 31.1 Å². The summed E-state index contributed by atoms with van der Waals surface area (Å²) in [5.41, 5.74) is 7.04. The van der Waals surface area contributed by atoms with E-state index in [1.807, 2.05) is 0 Å². The molecule has 0 bridgehead atoms. The zero-order valence-corrected chi connectivity index (χ0v) is 13.5. The largest absolute Gasteiger partial charge is 0.329 e. The van der Waals surface area contributed by atoms with E-state index in [9.17, 15) is 0 Å². The monoisotopic (exact) mass is 282 g/mol. The molecule has 0 amide bonds. The zero-order valence-electron chi connectivity index (χ0n) is 12.7. The van der Waals surface area contributed by atoms with E-state index in [0.29, 0.717) is 5.41 Å². The van der Waals surface area contributed by atoms with Crippen LogP contribution in [0.4, 0.5) is 0 Å². The quantitative estimate of drug-likeness (QED) is 0.812. The standard InChI is InChI=1S/C16H30N2S/c1-15(2)9-16(10-17,12-19-11-15)18(7-13-3-4-13)8-14-5-6-14/h13-14H,3-12,17H2,1-2H3. The summed E-state index contributed by atoms with van der Waals surface area (Å²) < 4.78 is 0. The minimum atomic E-state index is 0.289. The topological polar surface area (TPSA) is 29.3 Å². The first-order valence-electron chi connectivity index (χ1n) is 8.06. The lowest BCUT2D eigenvalue weighted by Gasteiger charge is -2.51. The molecule has 2 aliphatic carbocycles. The highest BCUT2D eigenvalue weighted by Gasteiger charge is 2.46. The Morgan fingerprint density at radius 2 is 1.63 bits per heavy atom. The predicted octanol–water partition coefficient (Wildman–Crippen LogP) is 2.97. The van der Waals surface area contributed by atoms with E-state index < -0.39 is 0 Å². The van der Waals surface area contributed by atoms with Crippen molar-refractivity contribution >= 4 is 11.8 Å². The molecule has 110 valence electrons. The molecular formula is C16H30N2S. The van der Waals surface area contributed by atoms with Crippen LogP contribution in [0.2, 0.25) is 0 Å². The van der Waals surface area contributed by atoms with Gasteiger partial charge in [-0.1, -0.05) is 13.8 Å². The summed E-state index contributed by atoms with van der Waals surface area (Å²) in [5, 5.41) is 0. The van der Waals surface area contributed by atoms with Crippen molar-refractivity contribution in [3.63, 3.8) is 0 Å². The van der Waals surface area contributed by atoms with Crippen LogP contribution in [0.1, 0.15) is 46.0 Å². The molecule has 0 radical (unpaired) electrons. The molecule has 1 unspecified atom stereocenters. The number of nitrogens with two attached hydrogens (primary N) is 1. The van der Waals surface area contributed by atoms with E-state index in [-0.39, 0.29) is 5.54 Å². The van der Waals surface area contributed by atoms with E-state index in [4.69, 9.17) is 5.73 Å². The first kappa shape index (κ1) is 14.2. The Bertz CT molecular complexity index is 309. The highest BCUT2D eigenvalue weighted by molar-refractivity contribution is 7.99. The molecule has 3 fully saturated rings. The van der Waals surface area contributed by atoms with Crippen LogP contribution < -0.4 is 5.73 Å². The summed E-state index contributed by atoms with van der Waals surface area (Å²) >= 11 is 2.14. The summed E-state index contributed by atoms with van der Waals surface area (Å²) in [4.78, 5) is 2.83. The molecule has 2 nitrogen and oxygen atoms in total. The van der Waals surface area contributed by atoms with Gasteiger partial charge in [0.15, 0.2) is 0 Å². The van der Waals surface area contributed by atoms with Gasteiger partial charge < -0.3 is 5.73 Å². The van der Waals surface area contributed by atoms with Crippen LogP contribution in [0.15, 0.2) is 0 Å². The lowest BCUT2D eigenvalue weighted by Crippen LogP contribution is -2.61. The molecule has 1 atom stereocenters. The molecule has 0 spiro atoms. The Kier molecular flexibility index (Phi) is 3.92. The fourth-order valence-electron chi connectivity index (χ4n) is 3.66. The second-order valence-electron chi connectivity index (χ2n) is 8.05.